The van der Waals surface area contributed by atoms with Crippen LogP contribution in [0.15, 0.2) is 0 Å². The van der Waals surface area contributed by atoms with E-state index in [0.29, 0.717) is 18.9 Å². The van der Waals surface area contributed by atoms with Crippen LogP contribution >= 0.6 is 12.4 Å². The Hall–Kier alpha value is -0.320. The molecule has 0 unspecified atom stereocenters. The summed E-state index contributed by atoms with van der Waals surface area (Å²) in [5, 5.41) is 2.87. The van der Waals surface area contributed by atoms with Gasteiger partial charge in [0.25, 0.3) is 0 Å². The molecular formula is C11H23ClN2O2. The van der Waals surface area contributed by atoms with Crippen LogP contribution in [0.1, 0.15) is 32.6 Å². The van der Waals surface area contributed by atoms with Crippen molar-refractivity contribution in [3.8, 4) is 0 Å². The summed E-state index contributed by atoms with van der Waals surface area (Å²) in [6.45, 7) is 4.13. The van der Waals surface area contributed by atoms with Crippen LogP contribution in [0, 0.1) is 5.92 Å². The van der Waals surface area contributed by atoms with Gasteiger partial charge in [0.15, 0.2) is 0 Å². The third kappa shape index (κ3) is 6.30. The first kappa shape index (κ1) is 15.7. The maximum atomic E-state index is 11.5. The molecule has 4 nitrogen and oxygen atoms in total. The quantitative estimate of drug-likeness (QED) is 0.768. The zero-order valence-corrected chi connectivity index (χ0v) is 10.7. The van der Waals surface area contributed by atoms with E-state index in [4.69, 9.17) is 10.5 Å². The number of nitrogens with one attached hydrogen (secondary N) is 1. The van der Waals surface area contributed by atoms with Gasteiger partial charge in [0.1, 0.15) is 0 Å². The predicted molar refractivity (Wildman–Crippen MR) is 66.7 cm³/mol. The fraction of sp³-hybridized carbons (Fsp3) is 0.909. The fourth-order valence-electron chi connectivity index (χ4n) is 1.78. The molecule has 0 aromatic carbocycles. The van der Waals surface area contributed by atoms with Gasteiger partial charge in [-0.15, -0.1) is 12.4 Å². The van der Waals surface area contributed by atoms with Crippen LogP contribution in [-0.4, -0.2) is 31.7 Å². The molecule has 0 spiro atoms. The van der Waals surface area contributed by atoms with E-state index in [1.54, 1.807) is 0 Å². The van der Waals surface area contributed by atoms with E-state index < -0.39 is 0 Å². The second-order valence-electron chi connectivity index (χ2n) is 4.30. The van der Waals surface area contributed by atoms with Crippen molar-refractivity contribution in [1.29, 1.82) is 0 Å². The lowest BCUT2D eigenvalue weighted by atomic mass is 9.95. The number of carbonyl (C=O) groups excluding carboxylic acids is 1. The first-order valence-corrected chi connectivity index (χ1v) is 5.79. The van der Waals surface area contributed by atoms with Crippen molar-refractivity contribution in [2.75, 3.05) is 19.8 Å². The highest BCUT2D eigenvalue weighted by Gasteiger charge is 2.15. The Morgan fingerprint density at radius 3 is 2.69 bits per heavy atom. The lowest BCUT2D eigenvalue weighted by Gasteiger charge is -2.21. The number of hydrogen-bond acceptors (Lipinski definition) is 3. The lowest BCUT2D eigenvalue weighted by Crippen LogP contribution is -2.37. The van der Waals surface area contributed by atoms with E-state index >= 15 is 0 Å². The second-order valence-corrected chi connectivity index (χ2v) is 4.30. The Balaban J connectivity index is 0.00000225. The average Bonchev–Trinajstić information content (AvgIpc) is 2.27. The molecule has 0 radical (unpaired) electrons. The van der Waals surface area contributed by atoms with Gasteiger partial charge in [-0.25, -0.2) is 0 Å². The van der Waals surface area contributed by atoms with Crippen molar-refractivity contribution in [2.45, 2.75) is 38.6 Å². The normalized spacial score (nSPS) is 18.6. The number of ether oxygens (including phenoxy) is 1. The Kier molecular flexibility index (Phi) is 8.61. The molecule has 0 saturated carbocycles. The Morgan fingerprint density at radius 1 is 1.50 bits per heavy atom. The summed E-state index contributed by atoms with van der Waals surface area (Å²) >= 11 is 0. The number of rotatable bonds is 5. The highest BCUT2D eigenvalue weighted by Crippen LogP contribution is 2.19. The molecule has 3 N–H and O–H groups in total. The van der Waals surface area contributed by atoms with Crippen molar-refractivity contribution in [2.24, 2.45) is 11.7 Å². The molecule has 0 bridgehead atoms. The number of halogens is 1. The van der Waals surface area contributed by atoms with Gasteiger partial charge in [-0.05, 0) is 32.1 Å². The van der Waals surface area contributed by atoms with Gasteiger partial charge in [-0.2, -0.15) is 0 Å². The van der Waals surface area contributed by atoms with Gasteiger partial charge in [-0.1, -0.05) is 0 Å². The Labute approximate surface area is 104 Å². The van der Waals surface area contributed by atoms with E-state index in [2.05, 4.69) is 5.32 Å². The van der Waals surface area contributed by atoms with Gasteiger partial charge in [0, 0.05) is 32.2 Å². The van der Waals surface area contributed by atoms with Gasteiger partial charge in [0.2, 0.25) is 5.91 Å². The maximum absolute atomic E-state index is 11.5. The predicted octanol–water partition coefficient (Wildman–Crippen LogP) is 1.08. The molecule has 1 aliphatic rings. The number of amides is 1. The molecule has 96 valence electrons. The highest BCUT2D eigenvalue weighted by atomic mass is 35.5. The molecule has 0 aromatic heterocycles. The van der Waals surface area contributed by atoms with Crippen LogP contribution < -0.4 is 11.1 Å². The average molecular weight is 251 g/mol. The summed E-state index contributed by atoms with van der Waals surface area (Å²) in [6.07, 6.45) is 3.79. The van der Waals surface area contributed by atoms with Crippen molar-refractivity contribution in [1.82, 2.24) is 5.32 Å². The van der Waals surface area contributed by atoms with Crippen LogP contribution in [0.2, 0.25) is 0 Å². The topological polar surface area (TPSA) is 64.3 Å². The molecule has 1 fully saturated rings. The second kappa shape index (κ2) is 8.79. The number of nitrogens with two attached hydrogens (primary N) is 1. The van der Waals surface area contributed by atoms with Crippen molar-refractivity contribution in [3.05, 3.63) is 0 Å². The van der Waals surface area contributed by atoms with E-state index in [1.165, 1.54) is 0 Å². The molecular weight excluding hydrogens is 228 g/mol. The van der Waals surface area contributed by atoms with Gasteiger partial charge in [0.05, 0.1) is 0 Å². The Bertz CT molecular complexity index is 196. The third-order valence-electron chi connectivity index (χ3n) is 2.88. The highest BCUT2D eigenvalue weighted by molar-refractivity contribution is 5.85. The maximum Gasteiger partial charge on any atom is 0.220 e. The molecule has 1 heterocycles. The van der Waals surface area contributed by atoms with E-state index in [1.807, 2.05) is 6.92 Å². The summed E-state index contributed by atoms with van der Waals surface area (Å²) in [4.78, 5) is 11.5. The molecule has 0 aromatic rings. The monoisotopic (exact) mass is 250 g/mol. The summed E-state index contributed by atoms with van der Waals surface area (Å²) in [5.41, 5.74) is 5.43. The zero-order chi connectivity index (χ0) is 11.1. The smallest absolute Gasteiger partial charge is 0.220 e. The molecule has 1 rings (SSSR count). The van der Waals surface area contributed by atoms with E-state index in [9.17, 15) is 4.79 Å². The van der Waals surface area contributed by atoms with Gasteiger partial charge < -0.3 is 15.8 Å². The summed E-state index contributed by atoms with van der Waals surface area (Å²) < 4.78 is 5.27. The fourth-order valence-corrected chi connectivity index (χ4v) is 1.78. The van der Waals surface area contributed by atoms with Crippen LogP contribution in [0.4, 0.5) is 0 Å². The van der Waals surface area contributed by atoms with Gasteiger partial charge >= 0.3 is 0 Å². The van der Waals surface area contributed by atoms with Crippen molar-refractivity contribution < 1.29 is 9.53 Å². The van der Waals surface area contributed by atoms with Crippen LogP contribution in [0.3, 0.4) is 0 Å². The lowest BCUT2D eigenvalue weighted by molar-refractivity contribution is -0.122. The first-order chi connectivity index (χ1) is 7.22. The minimum Gasteiger partial charge on any atom is -0.381 e. The summed E-state index contributed by atoms with van der Waals surface area (Å²) in [6, 6.07) is 0.0900. The summed E-state index contributed by atoms with van der Waals surface area (Å²) in [7, 11) is 0. The molecule has 1 amide bonds. The summed E-state index contributed by atoms with van der Waals surface area (Å²) in [5.74, 6) is 0.789. The minimum atomic E-state index is 0. The Morgan fingerprint density at radius 2 is 2.12 bits per heavy atom. The largest absolute Gasteiger partial charge is 0.381 e. The molecule has 1 aliphatic heterocycles. The van der Waals surface area contributed by atoms with Crippen LogP contribution in [0.5, 0.6) is 0 Å². The van der Waals surface area contributed by atoms with Gasteiger partial charge in [-0.3, -0.25) is 4.79 Å². The third-order valence-corrected chi connectivity index (χ3v) is 2.88. The zero-order valence-electron chi connectivity index (χ0n) is 9.91. The van der Waals surface area contributed by atoms with Crippen LogP contribution in [0.25, 0.3) is 0 Å². The first-order valence-electron chi connectivity index (χ1n) is 5.79. The number of hydrogen-bond donors (Lipinski definition) is 2. The van der Waals surface area contributed by atoms with E-state index in [0.717, 1.165) is 32.5 Å². The molecule has 5 heteroatoms. The van der Waals surface area contributed by atoms with Crippen molar-refractivity contribution >= 4 is 18.3 Å². The van der Waals surface area contributed by atoms with E-state index in [-0.39, 0.29) is 24.4 Å². The minimum absolute atomic E-state index is 0. The molecule has 16 heavy (non-hydrogen) atoms. The molecule has 1 saturated heterocycles. The standard InChI is InChI=1S/C11H22N2O2.ClH/c1-9(8-12)13-11(14)3-2-10-4-6-15-7-5-10;/h9-10H,2-8,12H2,1H3,(H,13,14);1H/t9-;/m0./s1. The van der Waals surface area contributed by atoms with Crippen molar-refractivity contribution in [3.63, 3.8) is 0 Å². The molecule has 1 atom stereocenters. The number of carbonyl (C=O) groups is 1. The molecule has 0 aliphatic carbocycles. The van der Waals surface area contributed by atoms with Crippen LogP contribution in [-0.2, 0) is 9.53 Å². The SMILES string of the molecule is C[C@@H](CN)NC(=O)CCC1CCOCC1.Cl.